The van der Waals surface area contributed by atoms with Crippen LogP contribution in [0.15, 0.2) is 11.6 Å². The molecule has 2 fully saturated rings. The molecular formula is C12H21NO2. The highest BCUT2D eigenvalue weighted by Gasteiger charge is 2.16. The molecule has 2 aliphatic rings. The van der Waals surface area contributed by atoms with Crippen molar-refractivity contribution in [2.45, 2.75) is 38.3 Å². The minimum Gasteiger partial charge on any atom is -0.379 e. The Bertz CT molecular complexity index is 216. The Labute approximate surface area is 91.8 Å². The van der Waals surface area contributed by atoms with Crippen molar-refractivity contribution in [1.82, 2.24) is 5.32 Å². The summed E-state index contributed by atoms with van der Waals surface area (Å²) in [6.07, 6.45) is 6.13. The molecule has 3 nitrogen and oxygen atoms in total. The number of hydrogen-bond acceptors (Lipinski definition) is 3. The van der Waals surface area contributed by atoms with E-state index in [4.69, 9.17) is 9.47 Å². The molecule has 2 saturated heterocycles. The van der Waals surface area contributed by atoms with Gasteiger partial charge in [-0.05, 0) is 26.2 Å². The molecule has 0 aromatic heterocycles. The van der Waals surface area contributed by atoms with E-state index in [0.717, 1.165) is 32.8 Å². The van der Waals surface area contributed by atoms with Crippen molar-refractivity contribution in [2.75, 3.05) is 26.4 Å². The second-order valence-electron chi connectivity index (χ2n) is 4.49. The van der Waals surface area contributed by atoms with Gasteiger partial charge in [-0.2, -0.15) is 0 Å². The van der Waals surface area contributed by atoms with Crippen molar-refractivity contribution < 1.29 is 9.47 Å². The van der Waals surface area contributed by atoms with Crippen molar-refractivity contribution >= 4 is 0 Å². The van der Waals surface area contributed by atoms with Crippen LogP contribution < -0.4 is 5.32 Å². The third-order valence-corrected chi connectivity index (χ3v) is 3.00. The van der Waals surface area contributed by atoms with Gasteiger partial charge in [0.2, 0.25) is 0 Å². The van der Waals surface area contributed by atoms with Crippen LogP contribution >= 0.6 is 0 Å². The first-order chi connectivity index (χ1) is 7.34. The first-order valence-electron chi connectivity index (χ1n) is 5.94. The zero-order chi connectivity index (χ0) is 10.5. The SMILES string of the molecule is CC(=CC1CCCO1)CC1COCCN1. The van der Waals surface area contributed by atoms with Gasteiger partial charge >= 0.3 is 0 Å². The van der Waals surface area contributed by atoms with Crippen molar-refractivity contribution in [3.8, 4) is 0 Å². The van der Waals surface area contributed by atoms with Gasteiger partial charge in [0.25, 0.3) is 0 Å². The number of rotatable bonds is 3. The normalized spacial score (nSPS) is 33.3. The predicted octanol–water partition coefficient (Wildman–Crippen LogP) is 1.49. The van der Waals surface area contributed by atoms with Crippen LogP contribution in [0.5, 0.6) is 0 Å². The van der Waals surface area contributed by atoms with Crippen LogP contribution in [0.3, 0.4) is 0 Å². The minimum absolute atomic E-state index is 0.370. The minimum atomic E-state index is 0.370. The topological polar surface area (TPSA) is 30.5 Å². The largest absolute Gasteiger partial charge is 0.379 e. The van der Waals surface area contributed by atoms with E-state index in [-0.39, 0.29) is 0 Å². The van der Waals surface area contributed by atoms with E-state index in [9.17, 15) is 0 Å². The Morgan fingerprint density at radius 1 is 1.47 bits per heavy atom. The van der Waals surface area contributed by atoms with Gasteiger partial charge in [0.15, 0.2) is 0 Å². The molecule has 0 aromatic rings. The molecule has 0 aliphatic carbocycles. The summed E-state index contributed by atoms with van der Waals surface area (Å²) < 4.78 is 11.0. The molecule has 0 radical (unpaired) electrons. The van der Waals surface area contributed by atoms with Gasteiger partial charge in [0.1, 0.15) is 0 Å². The number of hydrogen-bond donors (Lipinski definition) is 1. The number of morpholine rings is 1. The van der Waals surface area contributed by atoms with Crippen LogP contribution in [0.25, 0.3) is 0 Å². The van der Waals surface area contributed by atoms with Crippen LogP contribution in [0, 0.1) is 0 Å². The zero-order valence-electron chi connectivity index (χ0n) is 9.50. The molecule has 15 heavy (non-hydrogen) atoms. The van der Waals surface area contributed by atoms with Crippen LogP contribution in [0.2, 0.25) is 0 Å². The van der Waals surface area contributed by atoms with Crippen molar-refractivity contribution in [3.63, 3.8) is 0 Å². The fraction of sp³-hybridized carbons (Fsp3) is 0.833. The molecular weight excluding hydrogens is 190 g/mol. The molecule has 0 spiro atoms. The summed E-state index contributed by atoms with van der Waals surface area (Å²) >= 11 is 0. The Balaban J connectivity index is 1.76. The fourth-order valence-corrected chi connectivity index (χ4v) is 2.26. The van der Waals surface area contributed by atoms with Crippen LogP contribution in [-0.2, 0) is 9.47 Å². The smallest absolute Gasteiger partial charge is 0.0759 e. The fourth-order valence-electron chi connectivity index (χ4n) is 2.26. The maximum atomic E-state index is 5.58. The summed E-state index contributed by atoms with van der Waals surface area (Å²) in [7, 11) is 0. The highest BCUT2D eigenvalue weighted by atomic mass is 16.5. The summed E-state index contributed by atoms with van der Waals surface area (Å²) in [5, 5.41) is 3.47. The lowest BCUT2D eigenvalue weighted by Gasteiger charge is -2.24. The Morgan fingerprint density at radius 3 is 3.07 bits per heavy atom. The van der Waals surface area contributed by atoms with E-state index >= 15 is 0 Å². The maximum absolute atomic E-state index is 5.58. The van der Waals surface area contributed by atoms with Crippen LogP contribution in [0.1, 0.15) is 26.2 Å². The van der Waals surface area contributed by atoms with Crippen LogP contribution in [-0.4, -0.2) is 38.5 Å². The molecule has 0 saturated carbocycles. The molecule has 1 N–H and O–H groups in total. The second kappa shape index (κ2) is 5.64. The summed E-state index contributed by atoms with van der Waals surface area (Å²) in [6, 6.07) is 0.497. The lowest BCUT2D eigenvalue weighted by atomic mass is 10.0. The summed E-state index contributed by atoms with van der Waals surface area (Å²) in [5.41, 5.74) is 1.42. The number of ether oxygens (including phenoxy) is 2. The third kappa shape index (κ3) is 3.59. The van der Waals surface area contributed by atoms with E-state index in [1.54, 1.807) is 0 Å². The molecule has 2 unspecified atom stereocenters. The average Bonchev–Trinajstić information content (AvgIpc) is 2.71. The van der Waals surface area contributed by atoms with Gasteiger partial charge < -0.3 is 14.8 Å². The lowest BCUT2D eigenvalue weighted by molar-refractivity contribution is 0.0767. The van der Waals surface area contributed by atoms with Gasteiger partial charge in [0, 0.05) is 19.2 Å². The summed E-state index contributed by atoms with van der Waals surface area (Å²) in [4.78, 5) is 0. The maximum Gasteiger partial charge on any atom is 0.0759 e. The van der Waals surface area contributed by atoms with E-state index in [1.165, 1.54) is 18.4 Å². The first kappa shape index (κ1) is 11.1. The third-order valence-electron chi connectivity index (χ3n) is 3.00. The highest BCUT2D eigenvalue weighted by Crippen LogP contribution is 2.17. The Hall–Kier alpha value is -0.380. The highest BCUT2D eigenvalue weighted by molar-refractivity contribution is 5.05. The first-order valence-corrected chi connectivity index (χ1v) is 5.94. The molecule has 3 heteroatoms. The van der Waals surface area contributed by atoms with E-state index in [1.807, 2.05) is 0 Å². The molecule has 2 heterocycles. The van der Waals surface area contributed by atoms with Gasteiger partial charge in [-0.15, -0.1) is 0 Å². The van der Waals surface area contributed by atoms with Crippen molar-refractivity contribution in [2.24, 2.45) is 0 Å². The molecule has 0 amide bonds. The average molecular weight is 211 g/mol. The Morgan fingerprint density at radius 2 is 2.40 bits per heavy atom. The van der Waals surface area contributed by atoms with Gasteiger partial charge in [-0.1, -0.05) is 11.6 Å². The van der Waals surface area contributed by atoms with Crippen molar-refractivity contribution in [1.29, 1.82) is 0 Å². The summed E-state index contributed by atoms with van der Waals surface area (Å²) in [6.45, 7) is 5.80. The van der Waals surface area contributed by atoms with Gasteiger partial charge in [-0.25, -0.2) is 0 Å². The number of nitrogens with one attached hydrogen (secondary N) is 1. The Kier molecular flexibility index (Phi) is 4.18. The molecule has 0 aromatic carbocycles. The monoisotopic (exact) mass is 211 g/mol. The molecule has 86 valence electrons. The van der Waals surface area contributed by atoms with Crippen LogP contribution in [0.4, 0.5) is 0 Å². The van der Waals surface area contributed by atoms with E-state index < -0.39 is 0 Å². The quantitative estimate of drug-likeness (QED) is 0.717. The standard InChI is InChI=1S/C12H21NO2/c1-10(8-12-3-2-5-15-12)7-11-9-14-6-4-13-11/h8,11-13H,2-7,9H2,1H3. The molecule has 2 aliphatic heterocycles. The lowest BCUT2D eigenvalue weighted by Crippen LogP contribution is -2.41. The molecule has 2 rings (SSSR count). The van der Waals surface area contributed by atoms with Gasteiger partial charge in [0.05, 0.1) is 19.3 Å². The summed E-state index contributed by atoms with van der Waals surface area (Å²) in [5.74, 6) is 0. The second-order valence-corrected chi connectivity index (χ2v) is 4.49. The van der Waals surface area contributed by atoms with E-state index in [2.05, 4.69) is 18.3 Å². The molecule has 2 atom stereocenters. The predicted molar refractivity (Wildman–Crippen MR) is 60.0 cm³/mol. The van der Waals surface area contributed by atoms with E-state index in [0.29, 0.717) is 12.1 Å². The zero-order valence-corrected chi connectivity index (χ0v) is 9.50. The molecule has 0 bridgehead atoms. The van der Waals surface area contributed by atoms with Crippen molar-refractivity contribution in [3.05, 3.63) is 11.6 Å². The van der Waals surface area contributed by atoms with Gasteiger partial charge in [-0.3, -0.25) is 0 Å².